The smallest absolute Gasteiger partial charge is 0.193 e. The summed E-state index contributed by atoms with van der Waals surface area (Å²) in [5, 5.41) is 4.10. The zero-order valence-electron chi connectivity index (χ0n) is 16.8. The maximum absolute atomic E-state index is 13.0. The summed E-state index contributed by atoms with van der Waals surface area (Å²) in [6, 6.07) is 11.6. The van der Waals surface area contributed by atoms with Crippen molar-refractivity contribution < 1.29 is 0 Å². The van der Waals surface area contributed by atoms with Crippen molar-refractivity contribution in [1.29, 1.82) is 0 Å². The Balaban J connectivity index is 2.02. The summed E-state index contributed by atoms with van der Waals surface area (Å²) < 4.78 is 2.16. The Morgan fingerprint density at radius 3 is 2.76 bits per heavy atom. The van der Waals surface area contributed by atoms with Gasteiger partial charge in [-0.2, -0.15) is 0 Å². The molecule has 4 heteroatoms. The molecule has 146 valence electrons. The molecular weight excluding hydrogens is 358 g/mol. The van der Waals surface area contributed by atoms with Gasteiger partial charge in [-0.15, -0.1) is 0 Å². The van der Waals surface area contributed by atoms with Crippen molar-refractivity contribution in [3.05, 3.63) is 95.0 Å². The third-order valence-electron chi connectivity index (χ3n) is 4.90. The second kappa shape index (κ2) is 8.31. The lowest BCUT2D eigenvalue weighted by Gasteiger charge is -2.21. The number of benzene rings is 1. The second-order valence-corrected chi connectivity index (χ2v) is 7.66. The zero-order valence-corrected chi connectivity index (χ0v) is 16.8. The van der Waals surface area contributed by atoms with E-state index in [0.717, 1.165) is 41.1 Å². The first-order valence-electron chi connectivity index (χ1n) is 10.0. The van der Waals surface area contributed by atoms with Crippen molar-refractivity contribution in [2.24, 2.45) is 5.92 Å². The summed E-state index contributed by atoms with van der Waals surface area (Å²) in [5.41, 5.74) is 3.96. The molecule has 0 spiro atoms. The van der Waals surface area contributed by atoms with Crippen LogP contribution in [0.5, 0.6) is 0 Å². The minimum Gasteiger partial charge on any atom is -0.341 e. The number of nitrogens with one attached hydrogen (secondary N) is 1. The van der Waals surface area contributed by atoms with Gasteiger partial charge in [0.25, 0.3) is 0 Å². The van der Waals surface area contributed by atoms with Gasteiger partial charge in [0.2, 0.25) is 0 Å². The van der Waals surface area contributed by atoms with Crippen LogP contribution in [0.3, 0.4) is 0 Å². The fourth-order valence-corrected chi connectivity index (χ4v) is 3.68. The SMILES string of the molecule is CC(C)Cc1cncc2c(=O)cc(Nc3ccccc3)n(C3=CCC=CC=C3)c12. The highest BCUT2D eigenvalue weighted by molar-refractivity contribution is 5.89. The van der Waals surface area contributed by atoms with E-state index in [9.17, 15) is 4.79 Å². The molecule has 0 amide bonds. The van der Waals surface area contributed by atoms with E-state index in [2.05, 4.69) is 53.0 Å². The summed E-state index contributed by atoms with van der Waals surface area (Å²) in [5.74, 6) is 1.21. The molecule has 1 aromatic carbocycles. The molecule has 4 nitrogen and oxygen atoms in total. The molecule has 0 aliphatic heterocycles. The molecule has 29 heavy (non-hydrogen) atoms. The third kappa shape index (κ3) is 4.06. The van der Waals surface area contributed by atoms with Gasteiger partial charge in [-0.25, -0.2) is 0 Å². The number of fused-ring (bicyclic) bond motifs is 1. The Bertz CT molecular complexity index is 1170. The van der Waals surface area contributed by atoms with E-state index >= 15 is 0 Å². The monoisotopic (exact) mass is 383 g/mol. The largest absolute Gasteiger partial charge is 0.341 e. The number of rotatable bonds is 5. The molecule has 2 aromatic heterocycles. The van der Waals surface area contributed by atoms with Crippen LogP contribution < -0.4 is 10.7 Å². The predicted molar refractivity (Wildman–Crippen MR) is 121 cm³/mol. The molecule has 0 fully saturated rings. The maximum atomic E-state index is 13.0. The number of allylic oxidation sites excluding steroid dienone is 6. The summed E-state index contributed by atoms with van der Waals surface area (Å²) in [4.78, 5) is 17.3. The minimum atomic E-state index is -0.0240. The van der Waals surface area contributed by atoms with Gasteiger partial charge in [0, 0.05) is 29.8 Å². The molecule has 1 aliphatic rings. The van der Waals surface area contributed by atoms with Crippen LogP contribution in [-0.4, -0.2) is 9.55 Å². The van der Waals surface area contributed by atoms with E-state index in [4.69, 9.17) is 0 Å². The van der Waals surface area contributed by atoms with E-state index < -0.39 is 0 Å². The van der Waals surface area contributed by atoms with Crippen molar-refractivity contribution in [1.82, 2.24) is 9.55 Å². The Morgan fingerprint density at radius 2 is 1.97 bits per heavy atom. The molecule has 0 atom stereocenters. The van der Waals surface area contributed by atoms with E-state index in [1.165, 1.54) is 0 Å². The van der Waals surface area contributed by atoms with Gasteiger partial charge in [0.05, 0.1) is 10.9 Å². The van der Waals surface area contributed by atoms with Crippen LogP contribution in [0.1, 0.15) is 25.8 Å². The molecule has 0 radical (unpaired) electrons. The number of nitrogens with zero attached hydrogens (tertiary/aromatic N) is 2. The van der Waals surface area contributed by atoms with Crippen molar-refractivity contribution in [3.63, 3.8) is 0 Å². The van der Waals surface area contributed by atoms with Crippen LogP contribution in [0.25, 0.3) is 16.6 Å². The average molecular weight is 383 g/mol. The highest BCUT2D eigenvalue weighted by atomic mass is 16.1. The van der Waals surface area contributed by atoms with Crippen LogP contribution in [-0.2, 0) is 6.42 Å². The molecule has 2 heterocycles. The lowest BCUT2D eigenvalue weighted by molar-refractivity contribution is 0.647. The molecule has 1 aliphatic carbocycles. The quantitative estimate of drug-likeness (QED) is 0.615. The number of aromatic nitrogens is 2. The van der Waals surface area contributed by atoms with E-state index in [1.807, 2.05) is 42.6 Å². The number of pyridine rings is 2. The fraction of sp³-hybridized carbons (Fsp3) is 0.200. The van der Waals surface area contributed by atoms with Gasteiger partial charge in [0.1, 0.15) is 5.82 Å². The molecular formula is C25H25N3O. The highest BCUT2D eigenvalue weighted by Crippen LogP contribution is 2.29. The van der Waals surface area contributed by atoms with Gasteiger partial charge >= 0.3 is 0 Å². The molecule has 0 saturated heterocycles. The van der Waals surface area contributed by atoms with Gasteiger partial charge in [-0.3, -0.25) is 14.3 Å². The first-order valence-corrected chi connectivity index (χ1v) is 10.0. The number of hydrogen-bond donors (Lipinski definition) is 1. The Hall–Kier alpha value is -3.40. The van der Waals surface area contributed by atoms with Gasteiger partial charge in [-0.1, -0.05) is 56.4 Å². The van der Waals surface area contributed by atoms with Gasteiger partial charge in [0.15, 0.2) is 5.43 Å². The number of para-hydroxylation sites is 1. The van der Waals surface area contributed by atoms with Crippen molar-refractivity contribution >= 4 is 28.1 Å². The lowest BCUT2D eigenvalue weighted by atomic mass is 10.0. The maximum Gasteiger partial charge on any atom is 0.193 e. The highest BCUT2D eigenvalue weighted by Gasteiger charge is 2.16. The minimum absolute atomic E-state index is 0.0240. The molecule has 0 unspecified atom stereocenters. The number of anilines is 2. The average Bonchev–Trinajstić information content (AvgIpc) is 2.98. The normalized spacial score (nSPS) is 13.6. The Labute approximate surface area is 170 Å². The first kappa shape index (κ1) is 18.9. The van der Waals surface area contributed by atoms with Crippen LogP contribution in [0.4, 0.5) is 11.5 Å². The third-order valence-corrected chi connectivity index (χ3v) is 4.90. The summed E-state index contributed by atoms with van der Waals surface area (Å²) in [6.07, 6.45) is 15.7. The Kier molecular flexibility index (Phi) is 5.43. The fourth-order valence-electron chi connectivity index (χ4n) is 3.68. The first-order chi connectivity index (χ1) is 14.1. The van der Waals surface area contributed by atoms with Crippen LogP contribution in [0.2, 0.25) is 0 Å². The lowest BCUT2D eigenvalue weighted by Crippen LogP contribution is -2.15. The molecule has 4 rings (SSSR count). The van der Waals surface area contributed by atoms with Crippen LogP contribution in [0, 0.1) is 5.92 Å². The van der Waals surface area contributed by atoms with E-state index in [0.29, 0.717) is 11.3 Å². The summed E-state index contributed by atoms with van der Waals surface area (Å²) >= 11 is 0. The zero-order chi connectivity index (χ0) is 20.2. The molecule has 1 N–H and O–H groups in total. The predicted octanol–water partition coefficient (Wildman–Crippen LogP) is 5.70. The van der Waals surface area contributed by atoms with E-state index in [-0.39, 0.29) is 5.43 Å². The van der Waals surface area contributed by atoms with Gasteiger partial charge in [-0.05, 0) is 42.5 Å². The molecule has 0 saturated carbocycles. The van der Waals surface area contributed by atoms with Crippen LogP contribution >= 0.6 is 0 Å². The van der Waals surface area contributed by atoms with Gasteiger partial charge < -0.3 is 5.32 Å². The molecule has 3 aromatic rings. The summed E-state index contributed by atoms with van der Waals surface area (Å²) in [7, 11) is 0. The van der Waals surface area contributed by atoms with Crippen molar-refractivity contribution in [3.8, 4) is 0 Å². The number of hydrogen-bond acceptors (Lipinski definition) is 3. The Morgan fingerprint density at radius 1 is 1.14 bits per heavy atom. The standard InChI is InChI=1S/C25H25N3O/c1-18(2)14-19-16-26-17-22-23(29)15-24(27-20-10-6-5-7-11-20)28(25(19)22)21-12-8-3-4-9-13-21/h3-8,10-13,15-18,27H,9,14H2,1-2H3. The van der Waals surface area contributed by atoms with E-state index in [1.54, 1.807) is 12.3 Å². The van der Waals surface area contributed by atoms with Crippen LogP contribution in [0.15, 0.2) is 84.0 Å². The molecule has 0 bridgehead atoms. The topological polar surface area (TPSA) is 46.9 Å². The summed E-state index contributed by atoms with van der Waals surface area (Å²) in [6.45, 7) is 4.37. The van der Waals surface area contributed by atoms with Crippen molar-refractivity contribution in [2.75, 3.05) is 5.32 Å². The van der Waals surface area contributed by atoms with Crippen molar-refractivity contribution in [2.45, 2.75) is 26.7 Å². The second-order valence-electron chi connectivity index (χ2n) is 7.66.